The van der Waals surface area contributed by atoms with Crippen molar-refractivity contribution in [3.8, 4) is 5.75 Å². The molecule has 2 amide bonds. The number of carbonyl (C=O) groups is 1. The SMILES string of the molecule is COc1cccc(CC(C)NC(=O)N(CCc2ccccc2)Cc2ccncc2)c1. The van der Waals surface area contributed by atoms with E-state index in [4.69, 9.17) is 4.74 Å². The first-order chi connectivity index (χ1) is 14.6. The first-order valence-electron chi connectivity index (χ1n) is 10.2. The maximum absolute atomic E-state index is 13.1. The zero-order chi connectivity index (χ0) is 21.2. The van der Waals surface area contributed by atoms with Crippen LogP contribution in [0.1, 0.15) is 23.6 Å². The second-order valence-electron chi connectivity index (χ2n) is 7.42. The Labute approximate surface area is 178 Å². The van der Waals surface area contributed by atoms with Crippen molar-refractivity contribution in [2.24, 2.45) is 0 Å². The van der Waals surface area contributed by atoms with Crippen LogP contribution in [0.4, 0.5) is 4.79 Å². The molecule has 1 unspecified atom stereocenters. The van der Waals surface area contributed by atoms with E-state index in [0.717, 1.165) is 29.7 Å². The largest absolute Gasteiger partial charge is 0.497 e. The molecule has 30 heavy (non-hydrogen) atoms. The summed E-state index contributed by atoms with van der Waals surface area (Å²) in [5.74, 6) is 0.827. The number of rotatable bonds is 9. The molecule has 3 aromatic rings. The van der Waals surface area contributed by atoms with E-state index < -0.39 is 0 Å². The third kappa shape index (κ3) is 6.62. The van der Waals surface area contributed by atoms with Gasteiger partial charge >= 0.3 is 6.03 Å². The summed E-state index contributed by atoms with van der Waals surface area (Å²) in [6.07, 6.45) is 5.07. The molecule has 1 heterocycles. The highest BCUT2D eigenvalue weighted by atomic mass is 16.5. The molecule has 0 saturated carbocycles. The van der Waals surface area contributed by atoms with Crippen LogP contribution in [0.25, 0.3) is 0 Å². The molecule has 0 aliphatic rings. The number of benzene rings is 2. The normalized spacial score (nSPS) is 11.5. The van der Waals surface area contributed by atoms with Gasteiger partial charge < -0.3 is 15.0 Å². The molecule has 1 aromatic heterocycles. The van der Waals surface area contributed by atoms with E-state index in [2.05, 4.69) is 28.5 Å². The van der Waals surface area contributed by atoms with Gasteiger partial charge in [-0.25, -0.2) is 4.79 Å². The number of nitrogens with zero attached hydrogens (tertiary/aromatic N) is 2. The average Bonchev–Trinajstić information content (AvgIpc) is 2.78. The minimum atomic E-state index is -0.0573. The molecule has 0 radical (unpaired) electrons. The van der Waals surface area contributed by atoms with Crippen molar-refractivity contribution < 1.29 is 9.53 Å². The number of ether oxygens (including phenoxy) is 1. The fourth-order valence-electron chi connectivity index (χ4n) is 3.38. The van der Waals surface area contributed by atoms with Crippen molar-refractivity contribution in [1.82, 2.24) is 15.2 Å². The minimum Gasteiger partial charge on any atom is -0.497 e. The van der Waals surface area contributed by atoms with Crippen LogP contribution in [0, 0.1) is 0 Å². The van der Waals surface area contributed by atoms with Crippen molar-refractivity contribution in [2.75, 3.05) is 13.7 Å². The van der Waals surface area contributed by atoms with Crippen LogP contribution >= 0.6 is 0 Å². The van der Waals surface area contributed by atoms with Crippen molar-refractivity contribution in [1.29, 1.82) is 0 Å². The number of hydrogen-bond acceptors (Lipinski definition) is 3. The lowest BCUT2D eigenvalue weighted by molar-refractivity contribution is 0.192. The van der Waals surface area contributed by atoms with Crippen molar-refractivity contribution in [3.63, 3.8) is 0 Å². The van der Waals surface area contributed by atoms with Gasteiger partial charge in [0.15, 0.2) is 0 Å². The van der Waals surface area contributed by atoms with Crippen LogP contribution in [-0.4, -0.2) is 35.6 Å². The van der Waals surface area contributed by atoms with Crippen LogP contribution < -0.4 is 10.1 Å². The Morgan fingerprint density at radius 2 is 1.73 bits per heavy atom. The molecule has 5 heteroatoms. The van der Waals surface area contributed by atoms with Crippen LogP contribution in [0.2, 0.25) is 0 Å². The van der Waals surface area contributed by atoms with Gasteiger partial charge in [-0.2, -0.15) is 0 Å². The quantitative estimate of drug-likeness (QED) is 0.573. The number of pyridine rings is 1. The molecule has 0 spiro atoms. The fourth-order valence-corrected chi connectivity index (χ4v) is 3.38. The number of urea groups is 1. The Kier molecular flexibility index (Phi) is 7.84. The van der Waals surface area contributed by atoms with Crippen LogP contribution in [0.15, 0.2) is 79.1 Å². The second-order valence-corrected chi connectivity index (χ2v) is 7.42. The minimum absolute atomic E-state index is 0.00118. The molecule has 1 atom stereocenters. The third-order valence-corrected chi connectivity index (χ3v) is 4.97. The van der Waals surface area contributed by atoms with Gasteiger partial charge in [0.2, 0.25) is 0 Å². The number of amides is 2. The third-order valence-electron chi connectivity index (χ3n) is 4.97. The molecule has 3 rings (SSSR count). The molecule has 2 aromatic carbocycles. The molecule has 1 N–H and O–H groups in total. The zero-order valence-electron chi connectivity index (χ0n) is 17.6. The summed E-state index contributed by atoms with van der Waals surface area (Å²) >= 11 is 0. The molecular formula is C25H29N3O2. The molecule has 0 aliphatic heterocycles. The maximum atomic E-state index is 13.1. The van der Waals surface area contributed by atoms with Crippen LogP contribution in [0.5, 0.6) is 5.75 Å². The standard InChI is InChI=1S/C25H29N3O2/c1-20(17-23-9-6-10-24(18-23)30-2)27-25(29)28(19-22-11-14-26-15-12-22)16-13-21-7-4-3-5-8-21/h3-12,14-15,18,20H,13,16-17,19H2,1-2H3,(H,27,29). The Morgan fingerprint density at radius 1 is 1.00 bits per heavy atom. The molecular weight excluding hydrogens is 374 g/mol. The predicted octanol–water partition coefficient (Wildman–Crippen LogP) is 4.48. The predicted molar refractivity (Wildman–Crippen MR) is 119 cm³/mol. The summed E-state index contributed by atoms with van der Waals surface area (Å²) in [7, 11) is 1.66. The van der Waals surface area contributed by atoms with Gasteiger partial charge in [-0.15, -0.1) is 0 Å². The lowest BCUT2D eigenvalue weighted by Gasteiger charge is -2.25. The maximum Gasteiger partial charge on any atom is 0.317 e. The molecule has 5 nitrogen and oxygen atoms in total. The van der Waals surface area contributed by atoms with Gasteiger partial charge in [0.1, 0.15) is 5.75 Å². The molecule has 156 valence electrons. The molecule has 0 saturated heterocycles. The highest BCUT2D eigenvalue weighted by Crippen LogP contribution is 2.14. The number of aromatic nitrogens is 1. The highest BCUT2D eigenvalue weighted by molar-refractivity contribution is 5.74. The van der Waals surface area contributed by atoms with Gasteiger partial charge in [-0.1, -0.05) is 42.5 Å². The smallest absolute Gasteiger partial charge is 0.317 e. The van der Waals surface area contributed by atoms with E-state index in [1.807, 2.05) is 60.4 Å². The Bertz CT molecular complexity index is 916. The van der Waals surface area contributed by atoms with Gasteiger partial charge in [-0.3, -0.25) is 4.98 Å². The summed E-state index contributed by atoms with van der Waals surface area (Å²) in [6.45, 7) is 3.22. The van der Waals surface area contributed by atoms with E-state index in [0.29, 0.717) is 13.1 Å². The second kappa shape index (κ2) is 11.0. The first kappa shape index (κ1) is 21.4. The Morgan fingerprint density at radius 3 is 2.47 bits per heavy atom. The Balaban J connectivity index is 1.63. The summed E-state index contributed by atoms with van der Waals surface area (Å²) in [6, 6.07) is 22.0. The number of carbonyl (C=O) groups excluding carboxylic acids is 1. The lowest BCUT2D eigenvalue weighted by Crippen LogP contribution is -2.45. The summed E-state index contributed by atoms with van der Waals surface area (Å²) in [5, 5.41) is 3.15. The molecule has 0 bridgehead atoms. The van der Waals surface area contributed by atoms with Crippen molar-refractivity contribution >= 4 is 6.03 Å². The van der Waals surface area contributed by atoms with E-state index in [-0.39, 0.29) is 12.1 Å². The van der Waals surface area contributed by atoms with Crippen molar-refractivity contribution in [3.05, 3.63) is 95.8 Å². The number of methoxy groups -OCH3 is 1. The van der Waals surface area contributed by atoms with E-state index in [1.54, 1.807) is 19.5 Å². The Hall–Kier alpha value is -3.34. The van der Waals surface area contributed by atoms with Gasteiger partial charge in [0, 0.05) is 31.5 Å². The monoisotopic (exact) mass is 403 g/mol. The highest BCUT2D eigenvalue weighted by Gasteiger charge is 2.17. The van der Waals surface area contributed by atoms with Gasteiger partial charge in [-0.05, 0) is 60.7 Å². The lowest BCUT2D eigenvalue weighted by atomic mass is 10.1. The topological polar surface area (TPSA) is 54.5 Å². The zero-order valence-corrected chi connectivity index (χ0v) is 17.6. The van der Waals surface area contributed by atoms with E-state index in [1.165, 1.54) is 5.56 Å². The van der Waals surface area contributed by atoms with E-state index in [9.17, 15) is 4.79 Å². The first-order valence-corrected chi connectivity index (χ1v) is 10.2. The number of hydrogen-bond donors (Lipinski definition) is 1. The molecule has 0 fully saturated rings. The fraction of sp³-hybridized carbons (Fsp3) is 0.280. The van der Waals surface area contributed by atoms with Crippen molar-refractivity contribution in [2.45, 2.75) is 32.4 Å². The number of nitrogens with one attached hydrogen (secondary N) is 1. The van der Waals surface area contributed by atoms with Crippen LogP contribution in [-0.2, 0) is 19.4 Å². The average molecular weight is 404 g/mol. The summed E-state index contributed by atoms with van der Waals surface area (Å²) in [5.41, 5.74) is 3.41. The van der Waals surface area contributed by atoms with Gasteiger partial charge in [0.05, 0.1) is 7.11 Å². The van der Waals surface area contributed by atoms with Crippen LogP contribution in [0.3, 0.4) is 0 Å². The molecule has 0 aliphatic carbocycles. The summed E-state index contributed by atoms with van der Waals surface area (Å²) in [4.78, 5) is 19.0. The van der Waals surface area contributed by atoms with Gasteiger partial charge in [0.25, 0.3) is 0 Å². The van der Waals surface area contributed by atoms with E-state index >= 15 is 0 Å². The summed E-state index contributed by atoms with van der Waals surface area (Å²) < 4.78 is 5.30.